The van der Waals surface area contributed by atoms with Gasteiger partial charge in [0, 0.05) is 27.8 Å². The first kappa shape index (κ1) is 29.5. The third-order valence-corrected chi connectivity index (χ3v) is 14.4. The predicted molar refractivity (Wildman–Crippen MR) is 151 cm³/mol. The fourth-order valence-corrected chi connectivity index (χ4v) is 12.4. The van der Waals surface area contributed by atoms with Gasteiger partial charge in [0.1, 0.15) is 22.4 Å². The van der Waals surface area contributed by atoms with Gasteiger partial charge in [-0.1, -0.05) is 54.6 Å². The van der Waals surface area contributed by atoms with Gasteiger partial charge in [0.05, 0.1) is 5.92 Å². The SMILES string of the molecule is CO[Si](OC)(OC)C(CCC1CCC(=O)OC1=O)[Si](Oc1ccccc1)(Oc1ccccc1)Oc1ccccc1. The Morgan fingerprint density at radius 1 is 0.700 bits per heavy atom. The van der Waals surface area contributed by atoms with Crippen molar-refractivity contribution < 1.29 is 40.9 Å². The number of rotatable bonds is 14. The maximum absolute atomic E-state index is 12.6. The summed E-state index contributed by atoms with van der Waals surface area (Å²) in [4.78, 5) is 24.3. The lowest BCUT2D eigenvalue weighted by molar-refractivity contribution is -0.167. The number of esters is 2. The molecule has 1 saturated heterocycles. The number of hydrogen-bond acceptors (Lipinski definition) is 9. The van der Waals surface area contributed by atoms with E-state index in [1.54, 1.807) is 0 Å². The second-order valence-corrected chi connectivity index (χ2v) is 15.4. The predicted octanol–water partition coefficient (Wildman–Crippen LogP) is 5.21. The molecule has 0 aromatic heterocycles. The summed E-state index contributed by atoms with van der Waals surface area (Å²) in [5.74, 6) is 0.0379. The highest BCUT2D eigenvalue weighted by molar-refractivity contribution is 6.83. The molecule has 1 fully saturated rings. The molecule has 0 saturated carbocycles. The molecule has 2 atom stereocenters. The standard InChI is InChI=1S/C29H34O9Si2/c1-32-39(33-2,34-3)28(22-20-23-19-21-27(30)35-29(23)31)40(36-24-13-7-4-8-14-24,37-25-15-9-5-10-16-25)38-26-17-11-6-12-18-26/h4-18,23,28H,19-22H2,1-3H3. The summed E-state index contributed by atoms with van der Waals surface area (Å²) < 4.78 is 43.3. The minimum absolute atomic E-state index is 0.173. The Kier molecular flexibility index (Phi) is 10.1. The average Bonchev–Trinajstić information content (AvgIpc) is 2.98. The molecule has 3 aromatic carbocycles. The van der Waals surface area contributed by atoms with Crippen molar-refractivity contribution in [1.82, 2.24) is 0 Å². The van der Waals surface area contributed by atoms with Crippen molar-refractivity contribution in [2.24, 2.45) is 5.92 Å². The molecular formula is C29H34O9Si2. The fraction of sp³-hybridized carbons (Fsp3) is 0.310. The maximum atomic E-state index is 12.6. The number of cyclic esters (lactones) is 2. The van der Waals surface area contributed by atoms with E-state index in [0.29, 0.717) is 36.5 Å². The van der Waals surface area contributed by atoms with E-state index in [0.717, 1.165) is 0 Å². The zero-order valence-electron chi connectivity index (χ0n) is 22.8. The first-order chi connectivity index (χ1) is 19.4. The van der Waals surface area contributed by atoms with E-state index in [2.05, 4.69) is 0 Å². The summed E-state index contributed by atoms with van der Waals surface area (Å²) in [5, 5.41) is -0.689. The van der Waals surface area contributed by atoms with Gasteiger partial charge >= 0.3 is 29.5 Å². The van der Waals surface area contributed by atoms with E-state index in [1.165, 1.54) is 21.3 Å². The molecule has 0 amide bonds. The molecule has 3 aromatic rings. The Hall–Kier alpha value is -3.49. The number of carbonyl (C=O) groups is 2. The van der Waals surface area contributed by atoms with E-state index in [1.807, 2.05) is 91.0 Å². The highest BCUT2D eigenvalue weighted by Gasteiger charge is 2.70. The van der Waals surface area contributed by atoms with Crippen LogP contribution in [0.5, 0.6) is 17.2 Å². The van der Waals surface area contributed by atoms with E-state index in [9.17, 15) is 9.59 Å². The van der Waals surface area contributed by atoms with Gasteiger partial charge in [-0.05, 0) is 55.7 Å². The van der Waals surface area contributed by atoms with E-state index >= 15 is 0 Å². The van der Waals surface area contributed by atoms with Gasteiger partial charge in [0.15, 0.2) is 0 Å². The Labute approximate surface area is 236 Å². The van der Waals surface area contributed by atoms with Crippen molar-refractivity contribution in [3.05, 3.63) is 91.0 Å². The molecule has 11 heteroatoms. The van der Waals surface area contributed by atoms with Gasteiger partial charge < -0.3 is 31.3 Å². The maximum Gasteiger partial charge on any atom is 0.707 e. The van der Waals surface area contributed by atoms with Crippen LogP contribution in [0.1, 0.15) is 25.7 Å². The number of hydrogen-bond donors (Lipinski definition) is 0. The second kappa shape index (κ2) is 13.7. The van der Waals surface area contributed by atoms with Crippen LogP contribution in [-0.2, 0) is 27.6 Å². The Balaban J connectivity index is 1.85. The molecule has 1 heterocycles. The Morgan fingerprint density at radius 3 is 1.50 bits per heavy atom. The number of carbonyl (C=O) groups excluding carboxylic acids is 2. The number of para-hydroxylation sites is 3. The molecule has 2 unspecified atom stereocenters. The van der Waals surface area contributed by atoms with Crippen LogP contribution in [0.3, 0.4) is 0 Å². The summed E-state index contributed by atoms with van der Waals surface area (Å²) in [5.41, 5.74) is 0. The smallest absolute Gasteiger partial charge is 0.483 e. The average molecular weight is 583 g/mol. The molecule has 0 aliphatic carbocycles. The van der Waals surface area contributed by atoms with Crippen LogP contribution in [0.2, 0.25) is 5.16 Å². The minimum atomic E-state index is -4.00. The molecule has 0 spiro atoms. The largest absolute Gasteiger partial charge is 0.707 e. The van der Waals surface area contributed by atoms with Gasteiger partial charge in [0.2, 0.25) is 0 Å². The first-order valence-corrected chi connectivity index (χ1v) is 16.7. The molecule has 1 aliphatic rings. The molecular weight excluding hydrogens is 548 g/mol. The van der Waals surface area contributed by atoms with Crippen LogP contribution in [0.25, 0.3) is 0 Å². The van der Waals surface area contributed by atoms with Crippen molar-refractivity contribution in [1.29, 1.82) is 0 Å². The lowest BCUT2D eigenvalue weighted by Gasteiger charge is -2.41. The Morgan fingerprint density at radius 2 is 1.12 bits per heavy atom. The molecule has 0 bridgehead atoms. The lowest BCUT2D eigenvalue weighted by Crippen LogP contribution is -2.68. The number of benzene rings is 3. The molecule has 1 aliphatic heterocycles. The second-order valence-electron chi connectivity index (χ2n) is 9.22. The monoisotopic (exact) mass is 582 g/mol. The summed E-state index contributed by atoms with van der Waals surface area (Å²) >= 11 is 0. The zero-order valence-corrected chi connectivity index (χ0v) is 24.8. The first-order valence-electron chi connectivity index (χ1n) is 13.1. The van der Waals surface area contributed by atoms with Crippen molar-refractivity contribution in [2.45, 2.75) is 30.8 Å². The third kappa shape index (κ3) is 6.98. The van der Waals surface area contributed by atoms with Gasteiger partial charge in [0.25, 0.3) is 0 Å². The van der Waals surface area contributed by atoms with E-state index in [-0.39, 0.29) is 6.42 Å². The lowest BCUT2D eigenvalue weighted by atomic mass is 9.96. The van der Waals surface area contributed by atoms with Gasteiger partial charge in [-0.3, -0.25) is 9.59 Å². The van der Waals surface area contributed by atoms with Crippen LogP contribution in [0.4, 0.5) is 0 Å². The zero-order chi connectivity index (χ0) is 28.4. The van der Waals surface area contributed by atoms with Crippen molar-refractivity contribution >= 4 is 29.5 Å². The fourth-order valence-electron chi connectivity index (χ4n) is 4.77. The molecule has 0 radical (unpaired) electrons. The quantitative estimate of drug-likeness (QED) is 0.144. The van der Waals surface area contributed by atoms with Gasteiger partial charge in [-0.25, -0.2) is 0 Å². The van der Waals surface area contributed by atoms with Crippen molar-refractivity contribution in [3.63, 3.8) is 0 Å². The highest BCUT2D eigenvalue weighted by atomic mass is 28.5. The van der Waals surface area contributed by atoms with Crippen LogP contribution >= 0.6 is 0 Å². The minimum Gasteiger partial charge on any atom is -0.483 e. The summed E-state index contributed by atoms with van der Waals surface area (Å²) in [6.07, 6.45) is 1.23. The topological polar surface area (TPSA) is 98.8 Å². The third-order valence-electron chi connectivity index (χ3n) is 6.77. The van der Waals surface area contributed by atoms with Crippen molar-refractivity contribution in [3.8, 4) is 17.2 Å². The van der Waals surface area contributed by atoms with Crippen LogP contribution < -0.4 is 13.3 Å². The van der Waals surface area contributed by atoms with Gasteiger partial charge in [-0.2, -0.15) is 0 Å². The van der Waals surface area contributed by atoms with E-state index < -0.39 is 40.6 Å². The van der Waals surface area contributed by atoms with Crippen LogP contribution in [0, 0.1) is 5.92 Å². The summed E-state index contributed by atoms with van der Waals surface area (Å²) in [6, 6.07) is 27.7. The summed E-state index contributed by atoms with van der Waals surface area (Å²) in [6.45, 7) is 0. The molecule has 212 valence electrons. The van der Waals surface area contributed by atoms with Crippen molar-refractivity contribution in [2.75, 3.05) is 21.3 Å². The van der Waals surface area contributed by atoms with Crippen LogP contribution in [-0.4, -0.2) is 50.9 Å². The van der Waals surface area contributed by atoms with Gasteiger partial charge in [-0.15, -0.1) is 0 Å². The summed E-state index contributed by atoms with van der Waals surface area (Å²) in [7, 11) is -3.03. The molecule has 40 heavy (non-hydrogen) atoms. The molecule has 4 rings (SSSR count). The highest BCUT2D eigenvalue weighted by Crippen LogP contribution is 2.42. The molecule has 9 nitrogen and oxygen atoms in total. The number of ether oxygens (including phenoxy) is 1. The molecule has 0 N–H and O–H groups in total. The Bertz CT molecular complexity index is 1110. The van der Waals surface area contributed by atoms with Crippen LogP contribution in [0.15, 0.2) is 91.0 Å². The van der Waals surface area contributed by atoms with E-state index in [4.69, 9.17) is 31.3 Å². The normalized spacial score (nSPS) is 16.6.